The fourth-order valence-electron chi connectivity index (χ4n) is 2.19. The predicted octanol–water partition coefficient (Wildman–Crippen LogP) is 0.350. The Morgan fingerprint density at radius 3 is 2.56 bits per heavy atom. The van der Waals surface area contributed by atoms with E-state index in [1.54, 1.807) is 0 Å². The number of carboxylic acid groups (broad SMARTS) is 1. The summed E-state index contributed by atoms with van der Waals surface area (Å²) in [5.74, 6) is -1.24. The smallest absolute Gasteiger partial charge is 0.352 e. The summed E-state index contributed by atoms with van der Waals surface area (Å²) in [6.45, 7) is 0. The lowest BCUT2D eigenvalue weighted by Crippen LogP contribution is -2.35. The summed E-state index contributed by atoms with van der Waals surface area (Å²) >= 11 is 0. The highest BCUT2D eigenvalue weighted by molar-refractivity contribution is 5.85. The van der Waals surface area contributed by atoms with Gasteiger partial charge in [0, 0.05) is 12.1 Å². The summed E-state index contributed by atoms with van der Waals surface area (Å²) in [4.78, 5) is 35.7. The molecule has 86 valence electrons. The van der Waals surface area contributed by atoms with Crippen LogP contribution in [0.15, 0.2) is 15.7 Å². The largest absolute Gasteiger partial charge is 0.477 e. The third kappa shape index (κ3) is 1.78. The highest BCUT2D eigenvalue weighted by Crippen LogP contribution is 2.28. The Bertz CT molecular complexity index is 522. The van der Waals surface area contributed by atoms with Gasteiger partial charge in [0.05, 0.1) is 0 Å². The van der Waals surface area contributed by atoms with E-state index in [9.17, 15) is 14.4 Å². The van der Waals surface area contributed by atoms with Crippen molar-refractivity contribution in [3.63, 3.8) is 0 Å². The van der Waals surface area contributed by atoms with E-state index < -0.39 is 17.2 Å². The number of hydrogen-bond acceptors (Lipinski definition) is 3. The van der Waals surface area contributed by atoms with Crippen LogP contribution >= 0.6 is 0 Å². The Morgan fingerprint density at radius 1 is 1.38 bits per heavy atom. The van der Waals surface area contributed by atoms with Crippen LogP contribution in [0, 0.1) is 0 Å². The Kier molecular flexibility index (Phi) is 2.64. The van der Waals surface area contributed by atoms with Gasteiger partial charge in [-0.3, -0.25) is 14.3 Å². The molecule has 0 saturated heterocycles. The van der Waals surface area contributed by atoms with Crippen LogP contribution in [0.1, 0.15) is 42.2 Å². The molecule has 1 aliphatic carbocycles. The van der Waals surface area contributed by atoms with E-state index in [4.69, 9.17) is 5.11 Å². The molecule has 6 nitrogen and oxygen atoms in total. The van der Waals surface area contributed by atoms with Crippen molar-refractivity contribution < 1.29 is 9.90 Å². The number of H-pyrrole nitrogens is 1. The summed E-state index contributed by atoms with van der Waals surface area (Å²) in [5, 5.41) is 8.96. The first kappa shape index (κ1) is 10.7. The van der Waals surface area contributed by atoms with Gasteiger partial charge >= 0.3 is 11.7 Å². The molecule has 0 bridgehead atoms. The lowest BCUT2D eigenvalue weighted by atomic mass is 10.2. The van der Waals surface area contributed by atoms with Crippen molar-refractivity contribution in [1.29, 1.82) is 0 Å². The summed E-state index contributed by atoms with van der Waals surface area (Å²) in [6, 6.07) is 0.859. The van der Waals surface area contributed by atoms with E-state index >= 15 is 0 Å². The van der Waals surface area contributed by atoms with Gasteiger partial charge in [-0.2, -0.15) is 0 Å². The van der Waals surface area contributed by atoms with Gasteiger partial charge in [0.2, 0.25) is 0 Å². The van der Waals surface area contributed by atoms with E-state index in [1.807, 2.05) is 0 Å². The average Bonchev–Trinajstić information content (AvgIpc) is 2.69. The van der Waals surface area contributed by atoms with Crippen molar-refractivity contribution in [2.45, 2.75) is 31.7 Å². The Labute approximate surface area is 90.5 Å². The van der Waals surface area contributed by atoms with Crippen molar-refractivity contribution in [2.75, 3.05) is 0 Å². The van der Waals surface area contributed by atoms with Crippen LogP contribution in [0.4, 0.5) is 0 Å². The number of aromatic amines is 1. The van der Waals surface area contributed by atoms with E-state index in [0.717, 1.165) is 31.7 Å². The second-order valence-electron chi connectivity index (χ2n) is 3.94. The topological polar surface area (TPSA) is 92.2 Å². The average molecular weight is 224 g/mol. The molecule has 1 fully saturated rings. The maximum absolute atomic E-state index is 11.6. The van der Waals surface area contributed by atoms with Crippen LogP contribution in [0.5, 0.6) is 0 Å². The van der Waals surface area contributed by atoms with Crippen molar-refractivity contribution in [1.82, 2.24) is 9.55 Å². The number of aromatic nitrogens is 2. The third-order valence-electron chi connectivity index (χ3n) is 2.89. The number of nitrogens with zero attached hydrogens (tertiary/aromatic N) is 1. The Morgan fingerprint density at radius 2 is 2.00 bits per heavy atom. The van der Waals surface area contributed by atoms with Crippen LogP contribution < -0.4 is 11.2 Å². The van der Waals surface area contributed by atoms with Gasteiger partial charge in [0.25, 0.3) is 5.56 Å². The minimum atomic E-state index is -1.24. The number of carboxylic acids is 1. The van der Waals surface area contributed by atoms with E-state index in [-0.39, 0.29) is 11.7 Å². The molecule has 0 spiro atoms. The molecule has 2 N–H and O–H groups in total. The SMILES string of the molecule is O=C(O)c1cc(=O)[nH]c(=O)n1C1CCCC1. The van der Waals surface area contributed by atoms with Crippen molar-refractivity contribution in [3.8, 4) is 0 Å². The lowest BCUT2D eigenvalue weighted by Gasteiger charge is -2.15. The predicted molar refractivity (Wildman–Crippen MR) is 55.8 cm³/mol. The van der Waals surface area contributed by atoms with E-state index in [1.165, 1.54) is 4.57 Å². The molecule has 0 radical (unpaired) electrons. The molecule has 0 aliphatic heterocycles. The number of aromatic carboxylic acids is 1. The molecule has 6 heteroatoms. The van der Waals surface area contributed by atoms with Gasteiger partial charge in [0.1, 0.15) is 5.69 Å². The maximum atomic E-state index is 11.6. The molecule has 0 atom stereocenters. The van der Waals surface area contributed by atoms with Crippen LogP contribution in [0.2, 0.25) is 0 Å². The summed E-state index contributed by atoms with van der Waals surface area (Å²) in [7, 11) is 0. The summed E-state index contributed by atoms with van der Waals surface area (Å²) in [5.41, 5.74) is -1.52. The van der Waals surface area contributed by atoms with Crippen LogP contribution in [-0.4, -0.2) is 20.6 Å². The minimum absolute atomic E-state index is 0.101. The first-order chi connectivity index (χ1) is 7.59. The third-order valence-corrected chi connectivity index (χ3v) is 2.89. The van der Waals surface area contributed by atoms with Crippen molar-refractivity contribution >= 4 is 5.97 Å². The van der Waals surface area contributed by atoms with Crippen LogP contribution in [0.25, 0.3) is 0 Å². The fraction of sp³-hybridized carbons (Fsp3) is 0.500. The standard InChI is InChI=1S/C10H12N2O4/c13-8-5-7(9(14)15)12(10(16)11-8)6-3-1-2-4-6/h5-6H,1-4H2,(H,14,15)(H,11,13,16). The molecular formula is C10H12N2O4. The monoisotopic (exact) mass is 224 g/mol. The zero-order chi connectivity index (χ0) is 11.7. The van der Waals surface area contributed by atoms with Gasteiger partial charge in [-0.15, -0.1) is 0 Å². The van der Waals surface area contributed by atoms with E-state index in [0.29, 0.717) is 0 Å². The first-order valence-electron chi connectivity index (χ1n) is 5.19. The van der Waals surface area contributed by atoms with Gasteiger partial charge in [0.15, 0.2) is 0 Å². The second-order valence-corrected chi connectivity index (χ2v) is 3.94. The molecule has 1 aromatic heterocycles. The number of rotatable bonds is 2. The molecule has 1 aliphatic rings. The zero-order valence-electron chi connectivity index (χ0n) is 8.60. The van der Waals surface area contributed by atoms with Gasteiger partial charge in [-0.1, -0.05) is 12.8 Å². The molecule has 1 heterocycles. The number of carbonyl (C=O) groups is 1. The molecule has 2 rings (SSSR count). The highest BCUT2D eigenvalue weighted by Gasteiger charge is 2.23. The minimum Gasteiger partial charge on any atom is -0.477 e. The van der Waals surface area contributed by atoms with Gasteiger partial charge < -0.3 is 5.11 Å². The summed E-state index contributed by atoms with van der Waals surface area (Å²) in [6.07, 6.45) is 3.53. The molecular weight excluding hydrogens is 212 g/mol. The molecule has 0 unspecified atom stereocenters. The highest BCUT2D eigenvalue weighted by atomic mass is 16.4. The van der Waals surface area contributed by atoms with Crippen molar-refractivity contribution in [2.24, 2.45) is 0 Å². The Hall–Kier alpha value is -1.85. The van der Waals surface area contributed by atoms with Crippen molar-refractivity contribution in [3.05, 3.63) is 32.6 Å². The van der Waals surface area contributed by atoms with Crippen LogP contribution in [-0.2, 0) is 0 Å². The maximum Gasteiger partial charge on any atom is 0.352 e. The van der Waals surface area contributed by atoms with Crippen LogP contribution in [0.3, 0.4) is 0 Å². The van der Waals surface area contributed by atoms with E-state index in [2.05, 4.69) is 4.98 Å². The second kappa shape index (κ2) is 3.96. The lowest BCUT2D eigenvalue weighted by molar-refractivity contribution is 0.0679. The molecule has 1 saturated carbocycles. The quantitative estimate of drug-likeness (QED) is 0.758. The first-order valence-corrected chi connectivity index (χ1v) is 5.19. The normalized spacial score (nSPS) is 16.5. The number of nitrogens with one attached hydrogen (secondary N) is 1. The zero-order valence-corrected chi connectivity index (χ0v) is 8.60. The molecule has 16 heavy (non-hydrogen) atoms. The molecule has 0 amide bonds. The fourth-order valence-corrected chi connectivity index (χ4v) is 2.19. The number of hydrogen-bond donors (Lipinski definition) is 2. The van der Waals surface area contributed by atoms with Gasteiger partial charge in [-0.25, -0.2) is 9.59 Å². The summed E-state index contributed by atoms with van der Waals surface area (Å²) < 4.78 is 1.19. The van der Waals surface area contributed by atoms with Gasteiger partial charge in [-0.05, 0) is 12.8 Å². The Balaban J connectivity index is 2.61. The molecule has 0 aromatic carbocycles. The molecule has 1 aromatic rings.